The molecular formula is C30H35Cl2N3O2. The van der Waals surface area contributed by atoms with Crippen molar-refractivity contribution < 1.29 is 9.53 Å². The van der Waals surface area contributed by atoms with Crippen molar-refractivity contribution in [3.63, 3.8) is 0 Å². The largest absolute Gasteiger partial charge is 0.494 e. The molecule has 0 aromatic heterocycles. The fourth-order valence-corrected chi connectivity index (χ4v) is 5.28. The molecule has 1 aliphatic rings. The van der Waals surface area contributed by atoms with E-state index in [1.54, 1.807) is 19.2 Å². The first-order valence-electron chi connectivity index (χ1n) is 12.9. The number of amides is 1. The maximum atomic E-state index is 13.8. The van der Waals surface area contributed by atoms with Gasteiger partial charge in [0.25, 0.3) is 0 Å². The van der Waals surface area contributed by atoms with Gasteiger partial charge in [-0.2, -0.15) is 0 Å². The minimum atomic E-state index is -0.526. The number of likely N-dealkylation sites (tertiary alicyclic amines) is 1. The predicted octanol–water partition coefficient (Wildman–Crippen LogP) is 6.62. The van der Waals surface area contributed by atoms with E-state index in [-0.39, 0.29) is 11.9 Å². The molecule has 7 heteroatoms. The maximum absolute atomic E-state index is 13.8. The van der Waals surface area contributed by atoms with Crippen LogP contribution in [0, 0.1) is 0 Å². The van der Waals surface area contributed by atoms with Crippen LogP contribution in [0.25, 0.3) is 11.1 Å². The van der Waals surface area contributed by atoms with Crippen molar-refractivity contribution in [2.45, 2.75) is 31.8 Å². The molecule has 5 nitrogen and oxygen atoms in total. The topological polar surface area (TPSA) is 44.8 Å². The van der Waals surface area contributed by atoms with Crippen LogP contribution in [0.4, 0.5) is 0 Å². The second kappa shape index (κ2) is 12.8. The quantitative estimate of drug-likeness (QED) is 0.314. The second-order valence-corrected chi connectivity index (χ2v) is 10.3. The number of hydrogen-bond donors (Lipinski definition) is 1. The van der Waals surface area contributed by atoms with Crippen LogP contribution in [0.3, 0.4) is 0 Å². The molecule has 1 heterocycles. The normalized spacial score (nSPS) is 15.4. The Hall–Kier alpha value is -2.57. The maximum Gasteiger partial charge on any atom is 0.244 e. The molecule has 0 radical (unpaired) electrons. The first kappa shape index (κ1) is 27.5. The van der Waals surface area contributed by atoms with Gasteiger partial charge in [0.2, 0.25) is 5.91 Å². The highest BCUT2D eigenvalue weighted by Crippen LogP contribution is 2.31. The molecule has 1 aliphatic heterocycles. The zero-order valence-electron chi connectivity index (χ0n) is 21.7. The Morgan fingerprint density at radius 2 is 1.68 bits per heavy atom. The number of halogens is 2. The standard InChI is InChI=1S/C30H35Cl2N3O2/c1-4-37-25-9-7-8-23(18-25)21-10-12-22(13-11-21)28(20-35-16-5-6-17-35)34(3)30(36)29(33-2)24-14-15-26(31)27(32)19-24/h7-15,18-19,28-29,33H,4-6,16-17,20H2,1-3H3. The summed E-state index contributed by atoms with van der Waals surface area (Å²) in [6, 6.07) is 21.4. The second-order valence-electron chi connectivity index (χ2n) is 9.45. The van der Waals surface area contributed by atoms with Crippen molar-refractivity contribution in [3.05, 3.63) is 87.9 Å². The van der Waals surface area contributed by atoms with Gasteiger partial charge < -0.3 is 19.9 Å². The molecule has 0 saturated carbocycles. The molecule has 3 aromatic carbocycles. The Balaban J connectivity index is 1.61. The van der Waals surface area contributed by atoms with E-state index in [9.17, 15) is 4.79 Å². The first-order chi connectivity index (χ1) is 17.9. The highest BCUT2D eigenvalue weighted by atomic mass is 35.5. The molecule has 3 aromatic rings. The number of benzene rings is 3. The lowest BCUT2D eigenvalue weighted by Gasteiger charge is -2.34. The van der Waals surface area contributed by atoms with Crippen molar-refractivity contribution in [2.24, 2.45) is 0 Å². The molecule has 1 fully saturated rings. The molecule has 0 bridgehead atoms. The van der Waals surface area contributed by atoms with Crippen molar-refractivity contribution in [1.29, 1.82) is 0 Å². The summed E-state index contributed by atoms with van der Waals surface area (Å²) in [6.07, 6.45) is 2.39. The monoisotopic (exact) mass is 539 g/mol. The first-order valence-corrected chi connectivity index (χ1v) is 13.6. The van der Waals surface area contributed by atoms with Gasteiger partial charge in [-0.15, -0.1) is 0 Å². The van der Waals surface area contributed by atoms with Crippen LogP contribution >= 0.6 is 23.2 Å². The van der Waals surface area contributed by atoms with E-state index in [0.717, 1.165) is 47.6 Å². The number of rotatable bonds is 10. The summed E-state index contributed by atoms with van der Waals surface area (Å²) < 4.78 is 5.67. The SMILES string of the molecule is CCOc1cccc(-c2ccc(C(CN3CCCC3)N(C)C(=O)C(NC)c3ccc(Cl)c(Cl)c3)cc2)c1. The lowest BCUT2D eigenvalue weighted by molar-refractivity contribution is -0.134. The summed E-state index contributed by atoms with van der Waals surface area (Å²) in [5.74, 6) is 0.848. The number of nitrogens with zero attached hydrogens (tertiary/aromatic N) is 2. The van der Waals surface area contributed by atoms with Gasteiger partial charge >= 0.3 is 0 Å². The lowest BCUT2D eigenvalue weighted by Crippen LogP contribution is -2.43. The lowest BCUT2D eigenvalue weighted by atomic mass is 9.98. The summed E-state index contributed by atoms with van der Waals surface area (Å²) in [6.45, 7) is 5.53. The Bertz CT molecular complexity index is 1200. The van der Waals surface area contributed by atoms with Crippen LogP contribution in [0.1, 0.15) is 43.0 Å². The summed E-state index contributed by atoms with van der Waals surface area (Å²) >= 11 is 12.4. The van der Waals surface area contributed by atoms with Crippen molar-refractivity contribution in [1.82, 2.24) is 15.1 Å². The van der Waals surface area contributed by atoms with Gasteiger partial charge in [-0.1, -0.05) is 65.7 Å². The highest BCUT2D eigenvalue weighted by Gasteiger charge is 2.30. The number of carbonyl (C=O) groups is 1. The van der Waals surface area contributed by atoms with E-state index in [1.807, 2.05) is 37.1 Å². The van der Waals surface area contributed by atoms with Crippen molar-refractivity contribution >= 4 is 29.1 Å². The molecule has 0 spiro atoms. The van der Waals surface area contributed by atoms with E-state index < -0.39 is 6.04 Å². The zero-order valence-corrected chi connectivity index (χ0v) is 23.2. The number of likely N-dealkylation sites (N-methyl/N-ethyl adjacent to an activating group) is 2. The van der Waals surface area contributed by atoms with E-state index >= 15 is 0 Å². The van der Waals surface area contributed by atoms with Crippen LogP contribution in [-0.4, -0.2) is 56.0 Å². The van der Waals surface area contributed by atoms with Crippen molar-refractivity contribution in [2.75, 3.05) is 40.3 Å². The predicted molar refractivity (Wildman–Crippen MR) is 152 cm³/mol. The van der Waals surface area contributed by atoms with Crippen molar-refractivity contribution in [3.8, 4) is 16.9 Å². The van der Waals surface area contributed by atoms with Crippen LogP contribution in [0.5, 0.6) is 5.75 Å². The third-order valence-electron chi connectivity index (χ3n) is 7.03. The smallest absolute Gasteiger partial charge is 0.244 e. The number of hydrogen-bond acceptors (Lipinski definition) is 4. The molecule has 4 rings (SSSR count). The molecule has 1 amide bonds. The zero-order chi connectivity index (χ0) is 26.4. The van der Waals surface area contributed by atoms with Crippen LogP contribution in [-0.2, 0) is 4.79 Å². The summed E-state index contributed by atoms with van der Waals surface area (Å²) in [7, 11) is 3.68. The minimum absolute atomic E-state index is 0.0152. The van der Waals surface area contributed by atoms with E-state index in [4.69, 9.17) is 27.9 Å². The van der Waals surface area contributed by atoms with E-state index in [0.29, 0.717) is 16.7 Å². The molecular weight excluding hydrogens is 505 g/mol. The third kappa shape index (κ3) is 6.66. The molecule has 196 valence electrons. The highest BCUT2D eigenvalue weighted by molar-refractivity contribution is 6.42. The molecule has 1 saturated heterocycles. The van der Waals surface area contributed by atoms with E-state index in [2.05, 4.69) is 46.6 Å². The molecule has 0 aliphatic carbocycles. The van der Waals surface area contributed by atoms with Crippen LogP contribution in [0.15, 0.2) is 66.7 Å². The van der Waals surface area contributed by atoms with Crippen LogP contribution in [0.2, 0.25) is 10.0 Å². The third-order valence-corrected chi connectivity index (χ3v) is 7.77. The molecule has 37 heavy (non-hydrogen) atoms. The van der Waals surface area contributed by atoms with Gasteiger partial charge in [0.05, 0.1) is 22.7 Å². The van der Waals surface area contributed by atoms with E-state index in [1.165, 1.54) is 12.8 Å². The minimum Gasteiger partial charge on any atom is -0.494 e. The Kier molecular flexibility index (Phi) is 9.49. The Morgan fingerprint density at radius 1 is 0.973 bits per heavy atom. The molecule has 2 atom stereocenters. The average molecular weight is 541 g/mol. The summed E-state index contributed by atoms with van der Waals surface area (Å²) in [5.41, 5.74) is 4.12. The fraction of sp³-hybridized carbons (Fsp3) is 0.367. The van der Waals surface area contributed by atoms with Gasteiger partial charge in [-0.25, -0.2) is 0 Å². The van der Waals surface area contributed by atoms with Crippen LogP contribution < -0.4 is 10.1 Å². The summed E-state index contributed by atoms with van der Waals surface area (Å²) in [5, 5.41) is 4.08. The van der Waals surface area contributed by atoms with Gasteiger partial charge in [-0.05, 0) is 86.4 Å². The Labute approximate surface area is 230 Å². The fourth-order valence-electron chi connectivity index (χ4n) is 4.97. The number of carbonyl (C=O) groups excluding carboxylic acids is 1. The van der Waals surface area contributed by atoms with Gasteiger partial charge in [-0.3, -0.25) is 4.79 Å². The molecule has 1 N–H and O–H groups in total. The Morgan fingerprint density at radius 3 is 2.32 bits per heavy atom. The molecule has 2 unspecified atom stereocenters. The average Bonchev–Trinajstić information content (AvgIpc) is 3.43. The number of nitrogens with one attached hydrogen (secondary N) is 1. The van der Waals surface area contributed by atoms with Gasteiger partial charge in [0.15, 0.2) is 0 Å². The number of ether oxygens (including phenoxy) is 1. The summed E-state index contributed by atoms with van der Waals surface area (Å²) in [4.78, 5) is 18.1. The van der Waals surface area contributed by atoms with Gasteiger partial charge in [0.1, 0.15) is 11.8 Å². The van der Waals surface area contributed by atoms with Gasteiger partial charge in [0, 0.05) is 13.6 Å².